The minimum atomic E-state index is -0.735. The Morgan fingerprint density at radius 3 is 1.92 bits per heavy atom. The van der Waals surface area contributed by atoms with Gasteiger partial charge in [-0.2, -0.15) is 0 Å². The van der Waals surface area contributed by atoms with Gasteiger partial charge in [0.05, 0.1) is 0 Å². The lowest BCUT2D eigenvalue weighted by Crippen LogP contribution is -2.59. The molecule has 1 unspecified atom stereocenters. The van der Waals surface area contributed by atoms with Gasteiger partial charge in [-0.15, -0.1) is 0 Å². The van der Waals surface area contributed by atoms with Crippen LogP contribution < -0.4 is 0 Å². The molecular formula is C20H37NO4. The fourth-order valence-corrected chi connectivity index (χ4v) is 4.57. The number of rotatable bonds is 10. The van der Waals surface area contributed by atoms with Crippen LogP contribution >= 0.6 is 0 Å². The van der Waals surface area contributed by atoms with Crippen LogP contribution in [0.1, 0.15) is 85.5 Å². The van der Waals surface area contributed by atoms with Crippen molar-refractivity contribution < 1.29 is 19.8 Å². The summed E-state index contributed by atoms with van der Waals surface area (Å²) in [5, 5.41) is 17.8. The molecule has 1 rings (SSSR count). The zero-order chi connectivity index (χ0) is 19.3. The molecule has 5 nitrogen and oxygen atoms in total. The number of hydrogen-bond donors (Lipinski definition) is 2. The Hall–Kier alpha value is -1.10. The van der Waals surface area contributed by atoms with Crippen LogP contribution in [0.2, 0.25) is 0 Å². The number of nitrogens with zero attached hydrogens (tertiary/aromatic N) is 1. The Morgan fingerprint density at radius 1 is 0.920 bits per heavy atom. The summed E-state index contributed by atoms with van der Waals surface area (Å²) in [6.07, 6.45) is 6.99. The van der Waals surface area contributed by atoms with E-state index in [1.807, 2.05) is 0 Å². The van der Waals surface area contributed by atoms with Crippen LogP contribution in [0.15, 0.2) is 0 Å². The van der Waals surface area contributed by atoms with Gasteiger partial charge < -0.3 is 10.2 Å². The maximum absolute atomic E-state index is 11.1. The second kappa shape index (κ2) is 9.02. The molecule has 1 aliphatic heterocycles. The van der Waals surface area contributed by atoms with E-state index in [9.17, 15) is 9.59 Å². The third kappa shape index (κ3) is 6.96. The van der Waals surface area contributed by atoms with Gasteiger partial charge in [-0.3, -0.25) is 14.5 Å². The predicted molar refractivity (Wildman–Crippen MR) is 99.7 cm³/mol. The first-order chi connectivity index (χ1) is 11.5. The average molecular weight is 356 g/mol. The summed E-state index contributed by atoms with van der Waals surface area (Å²) in [5.74, 6) is -0.517. The number of piperidine rings is 1. The van der Waals surface area contributed by atoms with Crippen molar-refractivity contribution in [2.24, 2.45) is 11.8 Å². The van der Waals surface area contributed by atoms with E-state index in [1.54, 1.807) is 0 Å². The maximum Gasteiger partial charge on any atom is 0.303 e. The van der Waals surface area contributed by atoms with Crippen LogP contribution in [0.25, 0.3) is 0 Å². The van der Waals surface area contributed by atoms with E-state index in [2.05, 4.69) is 39.6 Å². The topological polar surface area (TPSA) is 77.8 Å². The van der Waals surface area contributed by atoms with Crippen molar-refractivity contribution in [2.45, 2.75) is 96.6 Å². The molecule has 0 amide bonds. The molecule has 0 aromatic carbocycles. The molecule has 0 radical (unpaired) electrons. The largest absolute Gasteiger partial charge is 0.481 e. The van der Waals surface area contributed by atoms with Crippen LogP contribution in [0.4, 0.5) is 0 Å². The van der Waals surface area contributed by atoms with Gasteiger partial charge in [0.15, 0.2) is 0 Å². The second-order valence-corrected chi connectivity index (χ2v) is 9.04. The molecule has 1 heterocycles. The summed E-state index contributed by atoms with van der Waals surface area (Å²) in [4.78, 5) is 24.2. The van der Waals surface area contributed by atoms with Crippen molar-refractivity contribution in [3.63, 3.8) is 0 Å². The summed E-state index contributed by atoms with van der Waals surface area (Å²) in [7, 11) is 2.19. The molecule has 2 N–H and O–H groups in total. The summed E-state index contributed by atoms with van der Waals surface area (Å²) in [5.41, 5.74) is 0.217. The summed E-state index contributed by atoms with van der Waals surface area (Å²) < 4.78 is 0. The standard InChI is InChI=1S/C20H37NO4/c1-19(2)13-16(14-20(3,4)21(19)5)15(11-12-18(24)25)9-7-6-8-10-17(22)23/h15-16H,6-14H2,1-5H3,(H,22,23)(H,24,25). The number of carboxylic acid groups (broad SMARTS) is 2. The zero-order valence-electron chi connectivity index (χ0n) is 16.7. The quantitative estimate of drug-likeness (QED) is 0.568. The molecule has 1 atom stereocenters. The monoisotopic (exact) mass is 355 g/mol. The molecule has 5 heteroatoms. The third-order valence-corrected chi connectivity index (χ3v) is 6.20. The highest BCUT2D eigenvalue weighted by atomic mass is 16.4. The molecule has 1 saturated heterocycles. The van der Waals surface area contributed by atoms with Crippen LogP contribution in [0.5, 0.6) is 0 Å². The molecule has 146 valence electrons. The lowest BCUT2D eigenvalue weighted by atomic mass is 9.67. The minimum Gasteiger partial charge on any atom is -0.481 e. The molecule has 0 bridgehead atoms. The molecule has 0 saturated carbocycles. The van der Waals surface area contributed by atoms with Crippen molar-refractivity contribution in [2.75, 3.05) is 7.05 Å². The van der Waals surface area contributed by atoms with Crippen LogP contribution in [-0.2, 0) is 9.59 Å². The number of aliphatic carboxylic acids is 2. The number of hydrogen-bond acceptors (Lipinski definition) is 3. The van der Waals surface area contributed by atoms with Crippen LogP contribution in [0.3, 0.4) is 0 Å². The normalized spacial score (nSPS) is 21.8. The van der Waals surface area contributed by atoms with E-state index >= 15 is 0 Å². The van der Waals surface area contributed by atoms with Gasteiger partial charge in [-0.05, 0) is 72.3 Å². The number of carbonyl (C=O) groups is 2. The molecule has 0 aromatic heterocycles. The lowest BCUT2D eigenvalue weighted by molar-refractivity contribution is -0.138. The first-order valence-electron chi connectivity index (χ1n) is 9.63. The molecule has 1 fully saturated rings. The van der Waals surface area contributed by atoms with Crippen molar-refractivity contribution in [3.05, 3.63) is 0 Å². The van der Waals surface area contributed by atoms with Crippen molar-refractivity contribution in [1.82, 2.24) is 4.90 Å². The van der Waals surface area contributed by atoms with Gasteiger partial charge in [0, 0.05) is 23.9 Å². The van der Waals surface area contributed by atoms with E-state index in [1.165, 1.54) is 0 Å². The first-order valence-corrected chi connectivity index (χ1v) is 9.63. The smallest absolute Gasteiger partial charge is 0.303 e. The zero-order valence-corrected chi connectivity index (χ0v) is 16.7. The number of unbranched alkanes of at least 4 members (excludes halogenated alkanes) is 2. The van der Waals surface area contributed by atoms with Gasteiger partial charge in [-0.25, -0.2) is 0 Å². The Kier molecular flexibility index (Phi) is 7.91. The average Bonchev–Trinajstić information content (AvgIpc) is 2.46. The van der Waals surface area contributed by atoms with Crippen molar-refractivity contribution >= 4 is 11.9 Å². The lowest BCUT2D eigenvalue weighted by Gasteiger charge is -2.55. The minimum absolute atomic E-state index is 0.108. The summed E-state index contributed by atoms with van der Waals surface area (Å²) in [6.45, 7) is 9.12. The van der Waals surface area contributed by atoms with Crippen molar-refractivity contribution in [3.8, 4) is 0 Å². The predicted octanol–water partition coefficient (Wildman–Crippen LogP) is 4.40. The Balaban J connectivity index is 2.70. The fourth-order valence-electron chi connectivity index (χ4n) is 4.57. The van der Waals surface area contributed by atoms with E-state index in [0.29, 0.717) is 18.3 Å². The molecule has 1 aliphatic rings. The SMILES string of the molecule is CN1C(C)(C)CC(C(CCCCCC(=O)O)CCC(=O)O)CC1(C)C. The van der Waals surface area contributed by atoms with Gasteiger partial charge >= 0.3 is 11.9 Å². The van der Waals surface area contributed by atoms with Gasteiger partial charge in [0.2, 0.25) is 0 Å². The van der Waals surface area contributed by atoms with Gasteiger partial charge in [0.1, 0.15) is 0 Å². The third-order valence-electron chi connectivity index (χ3n) is 6.20. The molecule has 0 spiro atoms. The molecule has 0 aliphatic carbocycles. The molecular weight excluding hydrogens is 318 g/mol. The molecule has 25 heavy (non-hydrogen) atoms. The van der Waals surface area contributed by atoms with Gasteiger partial charge in [-0.1, -0.05) is 19.3 Å². The highest BCUT2D eigenvalue weighted by molar-refractivity contribution is 5.66. The Bertz CT molecular complexity index is 441. The van der Waals surface area contributed by atoms with Crippen LogP contribution in [0, 0.1) is 11.8 Å². The van der Waals surface area contributed by atoms with E-state index in [-0.39, 0.29) is 23.9 Å². The van der Waals surface area contributed by atoms with E-state index in [0.717, 1.165) is 38.5 Å². The Labute approximate surface area is 152 Å². The highest BCUT2D eigenvalue weighted by Gasteiger charge is 2.44. The van der Waals surface area contributed by atoms with Crippen molar-refractivity contribution in [1.29, 1.82) is 0 Å². The Morgan fingerprint density at radius 2 is 1.44 bits per heavy atom. The highest BCUT2D eigenvalue weighted by Crippen LogP contribution is 2.45. The fraction of sp³-hybridized carbons (Fsp3) is 0.900. The number of carboxylic acids is 2. The maximum atomic E-state index is 11.1. The number of likely N-dealkylation sites (tertiary alicyclic amines) is 1. The van der Waals surface area contributed by atoms with Gasteiger partial charge in [0.25, 0.3) is 0 Å². The van der Waals surface area contributed by atoms with E-state index < -0.39 is 11.9 Å². The summed E-state index contributed by atoms with van der Waals surface area (Å²) >= 11 is 0. The van der Waals surface area contributed by atoms with Crippen LogP contribution in [-0.4, -0.2) is 45.2 Å². The second-order valence-electron chi connectivity index (χ2n) is 9.04. The summed E-state index contributed by atoms with van der Waals surface area (Å²) in [6, 6.07) is 0. The first kappa shape index (κ1) is 21.9. The molecule has 0 aromatic rings. The van der Waals surface area contributed by atoms with E-state index in [4.69, 9.17) is 10.2 Å².